The lowest BCUT2D eigenvalue weighted by atomic mass is 9.87. The van der Waals surface area contributed by atoms with E-state index >= 15 is 0 Å². The summed E-state index contributed by atoms with van der Waals surface area (Å²) >= 11 is 0. The Kier molecular flexibility index (Phi) is 8.46. The fraction of sp³-hybridized carbons (Fsp3) is 0.345. The van der Waals surface area contributed by atoms with Crippen molar-refractivity contribution in [3.05, 3.63) is 89.0 Å². The predicted molar refractivity (Wildman–Crippen MR) is 145 cm³/mol. The van der Waals surface area contributed by atoms with Crippen LogP contribution in [-0.4, -0.2) is 34.0 Å². The molecule has 0 radical (unpaired) electrons. The van der Waals surface area contributed by atoms with Crippen LogP contribution >= 0.6 is 0 Å². The maximum atomic E-state index is 13.5. The molecule has 0 heterocycles. The normalized spacial score (nSPS) is 11.7. The van der Waals surface area contributed by atoms with Crippen molar-refractivity contribution < 1.29 is 17.9 Å². The van der Waals surface area contributed by atoms with E-state index in [-0.39, 0.29) is 30.0 Å². The van der Waals surface area contributed by atoms with E-state index in [0.717, 1.165) is 26.7 Å². The number of nitrogens with zero attached hydrogens (tertiary/aromatic N) is 1. The zero-order valence-corrected chi connectivity index (χ0v) is 22.8. The number of amides is 1. The van der Waals surface area contributed by atoms with Crippen molar-refractivity contribution in [2.24, 2.45) is 0 Å². The summed E-state index contributed by atoms with van der Waals surface area (Å²) in [6.07, 6.45) is 0. The molecule has 0 bridgehead atoms. The van der Waals surface area contributed by atoms with Crippen molar-refractivity contribution in [2.45, 2.75) is 51.9 Å². The SMILES string of the molecule is Cc1ccc(S(=O)(=O)N(CC(=O)NCCOc2ccc(C(C)(C)C)cc2)c2ccc(C)c(C)c2)cc1. The highest BCUT2D eigenvalue weighted by atomic mass is 32.2. The first-order chi connectivity index (χ1) is 16.9. The van der Waals surface area contributed by atoms with E-state index in [1.165, 1.54) is 5.56 Å². The maximum Gasteiger partial charge on any atom is 0.264 e. The Bertz CT molecular complexity index is 1290. The van der Waals surface area contributed by atoms with Gasteiger partial charge in [-0.2, -0.15) is 0 Å². The molecule has 3 aromatic carbocycles. The number of nitrogens with one attached hydrogen (secondary N) is 1. The third-order valence-electron chi connectivity index (χ3n) is 6.09. The van der Waals surface area contributed by atoms with Gasteiger partial charge in [-0.25, -0.2) is 8.42 Å². The van der Waals surface area contributed by atoms with Crippen LogP contribution in [0.15, 0.2) is 71.6 Å². The van der Waals surface area contributed by atoms with Crippen molar-refractivity contribution in [3.8, 4) is 5.75 Å². The van der Waals surface area contributed by atoms with Crippen LogP contribution in [0.5, 0.6) is 5.75 Å². The van der Waals surface area contributed by atoms with Crippen LogP contribution in [0.2, 0.25) is 0 Å². The van der Waals surface area contributed by atoms with Gasteiger partial charge in [0.15, 0.2) is 0 Å². The molecule has 0 unspecified atom stereocenters. The Morgan fingerprint density at radius 3 is 2.11 bits per heavy atom. The maximum absolute atomic E-state index is 13.5. The molecule has 0 aliphatic carbocycles. The summed E-state index contributed by atoms with van der Waals surface area (Å²) in [5, 5.41) is 2.78. The average molecular weight is 509 g/mol. The van der Waals surface area contributed by atoms with Gasteiger partial charge in [0, 0.05) is 0 Å². The van der Waals surface area contributed by atoms with Crippen molar-refractivity contribution in [3.63, 3.8) is 0 Å². The number of carbonyl (C=O) groups is 1. The Morgan fingerprint density at radius 1 is 0.889 bits per heavy atom. The molecule has 1 N–H and O–H groups in total. The third-order valence-corrected chi connectivity index (χ3v) is 7.88. The fourth-order valence-corrected chi connectivity index (χ4v) is 5.04. The Labute approximate surface area is 215 Å². The molecule has 0 spiro atoms. The van der Waals surface area contributed by atoms with E-state index in [2.05, 4.69) is 26.1 Å². The van der Waals surface area contributed by atoms with E-state index in [9.17, 15) is 13.2 Å². The largest absolute Gasteiger partial charge is 0.492 e. The highest BCUT2D eigenvalue weighted by Gasteiger charge is 2.27. The van der Waals surface area contributed by atoms with Gasteiger partial charge in [0.1, 0.15) is 18.9 Å². The van der Waals surface area contributed by atoms with E-state index in [1.54, 1.807) is 36.4 Å². The van der Waals surface area contributed by atoms with Crippen molar-refractivity contribution >= 4 is 21.6 Å². The van der Waals surface area contributed by atoms with Gasteiger partial charge >= 0.3 is 0 Å². The summed E-state index contributed by atoms with van der Waals surface area (Å²) < 4.78 is 33.9. The molecule has 0 aliphatic rings. The molecule has 192 valence electrons. The van der Waals surface area contributed by atoms with Gasteiger partial charge in [-0.15, -0.1) is 0 Å². The van der Waals surface area contributed by atoms with Gasteiger partial charge in [-0.1, -0.05) is 56.7 Å². The van der Waals surface area contributed by atoms with E-state index in [1.807, 2.05) is 51.1 Å². The monoisotopic (exact) mass is 508 g/mol. The summed E-state index contributed by atoms with van der Waals surface area (Å²) in [5.74, 6) is 0.312. The van der Waals surface area contributed by atoms with Gasteiger partial charge in [-0.3, -0.25) is 9.10 Å². The lowest BCUT2D eigenvalue weighted by molar-refractivity contribution is -0.119. The minimum absolute atomic E-state index is 0.0628. The molecule has 36 heavy (non-hydrogen) atoms. The van der Waals surface area contributed by atoms with Gasteiger partial charge < -0.3 is 10.1 Å². The predicted octanol–water partition coefficient (Wildman–Crippen LogP) is 5.30. The number of ether oxygens (including phenoxy) is 1. The van der Waals surface area contributed by atoms with Crippen molar-refractivity contribution in [1.82, 2.24) is 5.32 Å². The van der Waals surface area contributed by atoms with Gasteiger partial charge in [0.05, 0.1) is 17.1 Å². The first-order valence-electron chi connectivity index (χ1n) is 12.0. The first kappa shape index (κ1) is 27.3. The number of hydrogen-bond donors (Lipinski definition) is 1. The smallest absolute Gasteiger partial charge is 0.264 e. The zero-order valence-electron chi connectivity index (χ0n) is 22.0. The van der Waals surface area contributed by atoms with Gasteiger partial charge in [0.2, 0.25) is 5.91 Å². The van der Waals surface area contributed by atoms with Crippen LogP contribution in [0.25, 0.3) is 0 Å². The zero-order chi connectivity index (χ0) is 26.5. The van der Waals surface area contributed by atoms with E-state index in [0.29, 0.717) is 5.69 Å². The molecular weight excluding hydrogens is 472 g/mol. The lowest BCUT2D eigenvalue weighted by Crippen LogP contribution is -2.42. The molecule has 0 fully saturated rings. The number of rotatable bonds is 9. The average Bonchev–Trinajstić information content (AvgIpc) is 2.82. The standard InChI is InChI=1S/C29H36N2O4S/c1-21-7-15-27(16-8-21)36(33,34)31(25-12-9-22(2)23(3)19-25)20-28(32)30-17-18-35-26-13-10-24(11-14-26)29(4,5)6/h7-16,19H,17-18,20H2,1-6H3,(H,30,32). The first-order valence-corrected chi connectivity index (χ1v) is 13.5. The van der Waals surface area contributed by atoms with Crippen LogP contribution < -0.4 is 14.4 Å². The Morgan fingerprint density at radius 2 is 1.53 bits per heavy atom. The van der Waals surface area contributed by atoms with Gasteiger partial charge in [-0.05, 0) is 79.3 Å². The summed E-state index contributed by atoms with van der Waals surface area (Å²) in [4.78, 5) is 12.9. The third kappa shape index (κ3) is 6.88. The number of aryl methyl sites for hydroxylation is 3. The summed E-state index contributed by atoms with van der Waals surface area (Å²) in [6, 6.07) is 19.9. The van der Waals surface area contributed by atoms with Gasteiger partial charge in [0.25, 0.3) is 10.0 Å². The second-order valence-electron chi connectivity index (χ2n) is 10.1. The summed E-state index contributed by atoms with van der Waals surface area (Å²) in [6.45, 7) is 12.4. The number of anilines is 1. The lowest BCUT2D eigenvalue weighted by Gasteiger charge is -2.25. The van der Waals surface area contributed by atoms with Crippen LogP contribution in [0.3, 0.4) is 0 Å². The van der Waals surface area contributed by atoms with Crippen LogP contribution in [0, 0.1) is 20.8 Å². The van der Waals surface area contributed by atoms with Crippen molar-refractivity contribution in [1.29, 1.82) is 0 Å². The minimum Gasteiger partial charge on any atom is -0.492 e. The number of benzene rings is 3. The minimum atomic E-state index is -3.94. The molecule has 3 rings (SSSR count). The molecular formula is C29H36N2O4S. The molecule has 0 aliphatic heterocycles. The summed E-state index contributed by atoms with van der Waals surface area (Å²) in [7, 11) is -3.94. The number of sulfonamides is 1. The molecule has 0 aromatic heterocycles. The second kappa shape index (κ2) is 11.2. The van der Waals surface area contributed by atoms with E-state index < -0.39 is 15.9 Å². The highest BCUT2D eigenvalue weighted by molar-refractivity contribution is 7.92. The molecule has 0 saturated carbocycles. The van der Waals surface area contributed by atoms with Crippen LogP contribution in [-0.2, 0) is 20.2 Å². The Hall–Kier alpha value is -3.32. The quantitative estimate of drug-likeness (QED) is 0.398. The number of carbonyl (C=O) groups excluding carboxylic acids is 1. The Balaban J connectivity index is 1.68. The van der Waals surface area contributed by atoms with Crippen molar-refractivity contribution in [2.75, 3.05) is 24.0 Å². The molecule has 3 aromatic rings. The fourth-order valence-electron chi connectivity index (χ4n) is 3.63. The molecule has 0 saturated heterocycles. The second-order valence-corrected chi connectivity index (χ2v) is 11.9. The van der Waals surface area contributed by atoms with E-state index in [4.69, 9.17) is 4.74 Å². The number of hydrogen-bond acceptors (Lipinski definition) is 4. The molecule has 1 amide bonds. The van der Waals surface area contributed by atoms with Crippen LogP contribution in [0.4, 0.5) is 5.69 Å². The molecule has 7 heteroatoms. The summed E-state index contributed by atoms with van der Waals surface area (Å²) in [5.41, 5.74) is 4.67. The highest BCUT2D eigenvalue weighted by Crippen LogP contribution is 2.26. The van der Waals surface area contributed by atoms with Crippen LogP contribution in [0.1, 0.15) is 43.0 Å². The molecule has 6 nitrogen and oxygen atoms in total. The molecule has 0 atom stereocenters. The topological polar surface area (TPSA) is 75.7 Å².